The van der Waals surface area contributed by atoms with Crippen molar-refractivity contribution in [3.8, 4) is 17.6 Å². The summed E-state index contributed by atoms with van der Waals surface area (Å²) in [6.45, 7) is 5.16. The third-order valence-electron chi connectivity index (χ3n) is 5.69. The summed E-state index contributed by atoms with van der Waals surface area (Å²) >= 11 is 0. The van der Waals surface area contributed by atoms with Crippen LogP contribution in [0, 0.1) is 17.8 Å². The van der Waals surface area contributed by atoms with E-state index in [4.69, 9.17) is 4.74 Å². The molecule has 0 unspecified atom stereocenters. The number of likely N-dealkylation sites (N-methyl/N-ethyl adjacent to an activating group) is 1. The van der Waals surface area contributed by atoms with Crippen LogP contribution in [0.1, 0.15) is 31.9 Å². The normalized spacial score (nSPS) is 20.8. The molecule has 0 saturated carbocycles. The molecule has 0 spiro atoms. The van der Waals surface area contributed by atoms with Gasteiger partial charge in [-0.15, -0.1) is 0 Å². The van der Waals surface area contributed by atoms with E-state index in [-0.39, 0.29) is 35.6 Å². The maximum absolute atomic E-state index is 13.5. The van der Waals surface area contributed by atoms with Gasteiger partial charge in [0.05, 0.1) is 13.2 Å². The highest BCUT2D eigenvalue weighted by Gasteiger charge is 2.38. The second-order valence-electron chi connectivity index (χ2n) is 8.29. The van der Waals surface area contributed by atoms with E-state index in [1.54, 1.807) is 55.5 Å². The van der Waals surface area contributed by atoms with Gasteiger partial charge in [0.25, 0.3) is 0 Å². The Balaban J connectivity index is 2.08. The summed E-state index contributed by atoms with van der Waals surface area (Å²) in [6.07, 6.45) is 2.84. The molecular weight excluding hydrogens is 442 g/mol. The average molecular weight is 472 g/mol. The number of aromatic nitrogens is 1. The molecule has 3 rings (SSSR count). The first-order valence-electron chi connectivity index (χ1n) is 10.7. The Kier molecular flexibility index (Phi) is 7.74. The summed E-state index contributed by atoms with van der Waals surface area (Å²) in [5, 5.41) is 9.71. The third kappa shape index (κ3) is 5.71. The van der Waals surface area contributed by atoms with Crippen LogP contribution in [0.15, 0.2) is 47.6 Å². The molecule has 0 radical (unpaired) electrons. The second-order valence-corrected chi connectivity index (χ2v) is 10.1. The molecule has 2 heterocycles. The molecule has 1 aromatic heterocycles. The molecular formula is C24H29N3O5S. The Morgan fingerprint density at radius 2 is 1.94 bits per heavy atom. The number of sulfonamides is 1. The second kappa shape index (κ2) is 10.3. The largest absolute Gasteiger partial charge is 0.487 e. The lowest BCUT2D eigenvalue weighted by atomic mass is 10.0. The van der Waals surface area contributed by atoms with Crippen LogP contribution in [0.5, 0.6) is 5.75 Å². The number of carbonyl (C=O) groups excluding carboxylic acids is 1. The van der Waals surface area contributed by atoms with Gasteiger partial charge < -0.3 is 14.7 Å². The molecule has 1 N–H and O–H groups in total. The van der Waals surface area contributed by atoms with Crippen molar-refractivity contribution in [1.29, 1.82) is 0 Å². The highest BCUT2D eigenvalue weighted by Crippen LogP contribution is 2.34. The molecule has 8 nitrogen and oxygen atoms in total. The maximum Gasteiger partial charge on any atom is 0.247 e. The monoisotopic (exact) mass is 471 g/mol. The molecule has 1 aromatic carbocycles. The number of carbonyl (C=O) groups is 1. The minimum atomic E-state index is -3.93. The van der Waals surface area contributed by atoms with Crippen LogP contribution >= 0.6 is 0 Å². The molecule has 1 aliphatic heterocycles. The Hall–Kier alpha value is -2.93. The van der Waals surface area contributed by atoms with Gasteiger partial charge in [-0.25, -0.2) is 8.42 Å². The fourth-order valence-electron chi connectivity index (χ4n) is 3.50. The van der Waals surface area contributed by atoms with Crippen LogP contribution in [0.2, 0.25) is 0 Å². The number of fused-ring (bicyclic) bond motifs is 1. The molecule has 1 aliphatic rings. The van der Waals surface area contributed by atoms with Crippen molar-refractivity contribution < 1.29 is 23.1 Å². The van der Waals surface area contributed by atoms with Crippen molar-refractivity contribution in [3.05, 3.63) is 53.9 Å². The Bertz CT molecular complexity index is 1160. The molecule has 2 aromatic rings. The molecule has 3 atom stereocenters. The number of amides is 1. The SMILES string of the molecule is CC(=O)N(C)C[C@@H]1Oc2cc(C#Cc3ccncc3)ccc2S(=O)(=O)N([C@H](C)CO)C[C@H]1C. The number of aliphatic hydroxyl groups excluding tert-OH is 1. The fourth-order valence-corrected chi connectivity index (χ4v) is 5.33. The number of rotatable bonds is 4. The molecule has 9 heteroatoms. The smallest absolute Gasteiger partial charge is 0.247 e. The molecule has 0 bridgehead atoms. The standard InChI is InChI=1S/C24H29N3O5S/c1-17-14-27(18(2)16-28)33(30,31)24-8-7-21(6-5-20-9-11-25-12-10-20)13-22(24)32-23(17)15-26(4)19(3)29/h7-13,17-18,23,28H,14-16H2,1-4H3/t17-,18-,23+/m1/s1. The van der Waals surface area contributed by atoms with E-state index < -0.39 is 22.2 Å². The van der Waals surface area contributed by atoms with E-state index in [9.17, 15) is 18.3 Å². The van der Waals surface area contributed by atoms with Crippen LogP contribution in [0.4, 0.5) is 0 Å². The molecule has 0 fully saturated rings. The first kappa shape index (κ1) is 24.7. The van der Waals surface area contributed by atoms with E-state index >= 15 is 0 Å². The van der Waals surface area contributed by atoms with Crippen molar-refractivity contribution in [3.63, 3.8) is 0 Å². The highest BCUT2D eigenvalue weighted by molar-refractivity contribution is 7.89. The summed E-state index contributed by atoms with van der Waals surface area (Å²) < 4.78 is 34.5. The number of ether oxygens (including phenoxy) is 1. The predicted molar refractivity (Wildman–Crippen MR) is 124 cm³/mol. The van der Waals surface area contributed by atoms with Crippen molar-refractivity contribution in [1.82, 2.24) is 14.2 Å². The zero-order chi connectivity index (χ0) is 24.2. The Morgan fingerprint density at radius 3 is 2.58 bits per heavy atom. The van der Waals surface area contributed by atoms with Gasteiger partial charge in [0.1, 0.15) is 16.7 Å². The van der Waals surface area contributed by atoms with Gasteiger partial charge in [0.2, 0.25) is 15.9 Å². The van der Waals surface area contributed by atoms with E-state index in [1.807, 2.05) is 6.92 Å². The van der Waals surface area contributed by atoms with E-state index in [0.29, 0.717) is 12.1 Å². The quantitative estimate of drug-likeness (QED) is 0.682. The van der Waals surface area contributed by atoms with E-state index in [2.05, 4.69) is 16.8 Å². The van der Waals surface area contributed by atoms with Crippen molar-refractivity contribution in [2.24, 2.45) is 5.92 Å². The zero-order valence-electron chi connectivity index (χ0n) is 19.2. The molecule has 176 valence electrons. The topological polar surface area (TPSA) is 100 Å². The number of hydrogen-bond donors (Lipinski definition) is 1. The first-order valence-corrected chi connectivity index (χ1v) is 12.1. The minimum absolute atomic E-state index is 0.0136. The number of nitrogens with zero attached hydrogens (tertiary/aromatic N) is 3. The van der Waals surface area contributed by atoms with Crippen molar-refractivity contribution >= 4 is 15.9 Å². The van der Waals surface area contributed by atoms with Crippen LogP contribution in [0.25, 0.3) is 0 Å². The molecule has 33 heavy (non-hydrogen) atoms. The molecule has 1 amide bonds. The number of hydrogen-bond acceptors (Lipinski definition) is 6. The van der Waals surface area contributed by atoms with Crippen LogP contribution in [-0.4, -0.2) is 72.5 Å². The number of pyridine rings is 1. The molecule has 0 saturated heterocycles. The third-order valence-corrected chi connectivity index (χ3v) is 7.71. The Labute approximate surface area is 195 Å². The minimum Gasteiger partial charge on any atom is -0.487 e. The van der Waals surface area contributed by atoms with Crippen molar-refractivity contribution in [2.45, 2.75) is 37.8 Å². The van der Waals surface area contributed by atoms with Gasteiger partial charge in [-0.2, -0.15) is 4.31 Å². The lowest BCUT2D eigenvalue weighted by Gasteiger charge is -2.37. The van der Waals surface area contributed by atoms with E-state index in [0.717, 1.165) is 5.56 Å². The average Bonchev–Trinajstić information content (AvgIpc) is 2.79. The number of aliphatic hydroxyl groups is 1. The number of benzene rings is 1. The lowest BCUT2D eigenvalue weighted by molar-refractivity contribution is -0.129. The van der Waals surface area contributed by atoms with Crippen LogP contribution in [0.3, 0.4) is 0 Å². The zero-order valence-corrected chi connectivity index (χ0v) is 20.0. The Morgan fingerprint density at radius 1 is 1.27 bits per heavy atom. The van der Waals surface area contributed by atoms with Gasteiger partial charge in [0, 0.05) is 56.0 Å². The summed E-state index contributed by atoms with van der Waals surface area (Å²) in [4.78, 5) is 17.4. The van der Waals surface area contributed by atoms with E-state index in [1.165, 1.54) is 17.3 Å². The fraction of sp³-hybridized carbons (Fsp3) is 0.417. The first-order chi connectivity index (χ1) is 15.6. The van der Waals surface area contributed by atoms with Gasteiger partial charge in [-0.1, -0.05) is 18.8 Å². The lowest BCUT2D eigenvalue weighted by Crippen LogP contribution is -2.50. The van der Waals surface area contributed by atoms with Gasteiger partial charge in [-0.3, -0.25) is 9.78 Å². The summed E-state index contributed by atoms with van der Waals surface area (Å²) in [6, 6.07) is 7.69. The van der Waals surface area contributed by atoms with Gasteiger partial charge >= 0.3 is 0 Å². The van der Waals surface area contributed by atoms with Crippen LogP contribution < -0.4 is 4.74 Å². The summed E-state index contributed by atoms with van der Waals surface area (Å²) in [5.41, 5.74) is 1.37. The molecule has 0 aliphatic carbocycles. The van der Waals surface area contributed by atoms with Gasteiger partial charge in [-0.05, 0) is 37.3 Å². The maximum atomic E-state index is 13.5. The summed E-state index contributed by atoms with van der Waals surface area (Å²) in [5.74, 6) is 5.89. The highest BCUT2D eigenvalue weighted by atomic mass is 32.2. The van der Waals surface area contributed by atoms with Crippen LogP contribution in [-0.2, 0) is 14.8 Å². The predicted octanol–water partition coefficient (Wildman–Crippen LogP) is 1.73. The van der Waals surface area contributed by atoms with Crippen molar-refractivity contribution in [2.75, 3.05) is 26.7 Å². The summed E-state index contributed by atoms with van der Waals surface area (Å²) in [7, 11) is -2.25. The van der Waals surface area contributed by atoms with Gasteiger partial charge in [0.15, 0.2) is 0 Å².